The van der Waals surface area contributed by atoms with Crippen LogP contribution in [0.5, 0.6) is 0 Å². The zero-order valence-corrected chi connectivity index (χ0v) is 18.8. The van der Waals surface area contributed by atoms with Gasteiger partial charge in [0.05, 0.1) is 11.1 Å². The summed E-state index contributed by atoms with van der Waals surface area (Å²) in [6, 6.07) is 4.49. The van der Waals surface area contributed by atoms with E-state index in [0.717, 1.165) is 32.6 Å². The van der Waals surface area contributed by atoms with E-state index in [4.69, 9.17) is 23.7 Å². The normalized spacial score (nSPS) is 25.9. The Morgan fingerprint density at radius 3 is 1.76 bits per heavy atom. The van der Waals surface area contributed by atoms with Gasteiger partial charge in [0.1, 0.15) is 18.8 Å². The van der Waals surface area contributed by atoms with E-state index < -0.39 is 72.9 Å². The highest BCUT2D eigenvalue weighted by atomic mass is 16.7. The number of carbonyl (C=O) groups excluding carboxylic acids is 6. The summed E-state index contributed by atoms with van der Waals surface area (Å²) in [5.74, 6) is -4.64. The molecule has 1 aromatic rings. The van der Waals surface area contributed by atoms with Crippen LogP contribution in [-0.2, 0) is 42.9 Å². The molecule has 34 heavy (non-hydrogen) atoms. The zero-order valence-electron chi connectivity index (χ0n) is 18.8. The Labute approximate surface area is 194 Å². The van der Waals surface area contributed by atoms with E-state index in [-0.39, 0.29) is 11.1 Å². The van der Waals surface area contributed by atoms with Gasteiger partial charge in [0.15, 0.2) is 12.2 Å². The molecule has 0 bridgehead atoms. The first-order valence-electron chi connectivity index (χ1n) is 10.3. The maximum absolute atomic E-state index is 13.2. The number of nitrogens with zero attached hydrogens (tertiary/aromatic N) is 1. The van der Waals surface area contributed by atoms with Gasteiger partial charge < -0.3 is 23.7 Å². The molecule has 2 heterocycles. The third kappa shape index (κ3) is 5.06. The van der Waals surface area contributed by atoms with Gasteiger partial charge >= 0.3 is 23.9 Å². The molecule has 2 aliphatic heterocycles. The van der Waals surface area contributed by atoms with Crippen molar-refractivity contribution in [3.8, 4) is 0 Å². The lowest BCUT2D eigenvalue weighted by Gasteiger charge is -2.46. The molecule has 0 radical (unpaired) electrons. The summed E-state index contributed by atoms with van der Waals surface area (Å²) in [5, 5.41) is 0. The highest BCUT2D eigenvalue weighted by Gasteiger charge is 2.58. The second-order valence-corrected chi connectivity index (χ2v) is 7.62. The predicted molar refractivity (Wildman–Crippen MR) is 109 cm³/mol. The molecule has 1 aromatic carbocycles. The molecule has 0 aliphatic carbocycles. The minimum atomic E-state index is -1.63. The number of benzene rings is 1. The van der Waals surface area contributed by atoms with Gasteiger partial charge in [-0.1, -0.05) is 12.1 Å². The Bertz CT molecular complexity index is 1000. The van der Waals surface area contributed by atoms with Crippen LogP contribution in [0.1, 0.15) is 48.4 Å². The highest BCUT2D eigenvalue weighted by Crippen LogP contribution is 2.35. The molecular weight excluding hydrogens is 454 g/mol. The smallest absolute Gasteiger partial charge is 0.305 e. The Hall–Kier alpha value is -3.80. The van der Waals surface area contributed by atoms with Gasteiger partial charge in [-0.25, -0.2) is 0 Å². The highest BCUT2D eigenvalue weighted by molar-refractivity contribution is 6.21. The number of hydrogen-bond acceptors (Lipinski definition) is 11. The molecule has 0 N–H and O–H groups in total. The van der Waals surface area contributed by atoms with Crippen molar-refractivity contribution in [3.63, 3.8) is 0 Å². The number of ether oxygens (including phenoxy) is 5. The molecule has 182 valence electrons. The SMILES string of the molecule is CC(=O)OC[C@H]1O[C@@H](OC(C)=O)[C@H](N2C(=O)c3ccccc3C2=O)[C@H](OC(C)=O)[C@@H]1OC(C)=O. The molecule has 0 aromatic heterocycles. The van der Waals surface area contributed by atoms with Crippen molar-refractivity contribution in [2.45, 2.75) is 58.3 Å². The van der Waals surface area contributed by atoms with Crippen LogP contribution in [0.4, 0.5) is 0 Å². The average Bonchev–Trinajstić information content (AvgIpc) is 2.98. The fourth-order valence-electron chi connectivity index (χ4n) is 3.90. The van der Waals surface area contributed by atoms with Crippen LogP contribution in [0.15, 0.2) is 24.3 Å². The average molecular weight is 477 g/mol. The third-order valence-electron chi connectivity index (χ3n) is 5.08. The number of amides is 2. The molecule has 0 spiro atoms. The van der Waals surface area contributed by atoms with Gasteiger partial charge in [-0.05, 0) is 12.1 Å². The van der Waals surface area contributed by atoms with Crippen LogP contribution in [0, 0.1) is 0 Å². The Balaban J connectivity index is 2.11. The van der Waals surface area contributed by atoms with Crippen LogP contribution in [0.3, 0.4) is 0 Å². The molecule has 12 heteroatoms. The maximum atomic E-state index is 13.2. The second-order valence-electron chi connectivity index (χ2n) is 7.62. The van der Waals surface area contributed by atoms with E-state index in [1.54, 1.807) is 12.1 Å². The van der Waals surface area contributed by atoms with Crippen molar-refractivity contribution in [3.05, 3.63) is 35.4 Å². The summed E-state index contributed by atoms with van der Waals surface area (Å²) < 4.78 is 26.7. The lowest BCUT2D eigenvalue weighted by molar-refractivity contribution is -0.278. The third-order valence-corrected chi connectivity index (χ3v) is 5.08. The topological polar surface area (TPSA) is 152 Å². The van der Waals surface area contributed by atoms with Gasteiger partial charge in [0.25, 0.3) is 11.8 Å². The standard InChI is InChI=1S/C22H23NO11/c1-10(24)30-9-16-18(31-11(2)25)19(32-12(3)26)17(22(34-16)33-13(4)27)23-20(28)14-7-5-6-8-15(14)21(23)29/h5-8,16-19,22H,9H2,1-4H3/t16-,17-,18-,19+,22-/m1/s1. The van der Waals surface area contributed by atoms with Crippen molar-refractivity contribution in [1.82, 2.24) is 4.90 Å². The van der Waals surface area contributed by atoms with E-state index >= 15 is 0 Å². The van der Waals surface area contributed by atoms with Crippen molar-refractivity contribution < 1.29 is 52.5 Å². The first kappa shape index (κ1) is 24.8. The van der Waals surface area contributed by atoms with E-state index in [0.29, 0.717) is 0 Å². The number of esters is 4. The molecule has 12 nitrogen and oxygen atoms in total. The largest absolute Gasteiger partial charge is 0.463 e. The second kappa shape index (κ2) is 10.00. The summed E-state index contributed by atoms with van der Waals surface area (Å²) in [7, 11) is 0. The number of fused-ring (bicyclic) bond motifs is 1. The lowest BCUT2D eigenvalue weighted by atomic mass is 9.94. The quantitative estimate of drug-likeness (QED) is 0.317. The fourth-order valence-corrected chi connectivity index (χ4v) is 3.90. The van der Waals surface area contributed by atoms with Gasteiger partial charge in [0, 0.05) is 27.7 Å². The maximum Gasteiger partial charge on any atom is 0.305 e. The van der Waals surface area contributed by atoms with Crippen LogP contribution < -0.4 is 0 Å². The molecule has 2 amide bonds. The Morgan fingerprint density at radius 1 is 0.794 bits per heavy atom. The van der Waals surface area contributed by atoms with Crippen LogP contribution in [0.2, 0.25) is 0 Å². The number of imide groups is 1. The van der Waals surface area contributed by atoms with Crippen LogP contribution in [0.25, 0.3) is 0 Å². The minimum Gasteiger partial charge on any atom is -0.463 e. The zero-order chi connectivity index (χ0) is 25.2. The van der Waals surface area contributed by atoms with Crippen molar-refractivity contribution in [2.24, 2.45) is 0 Å². The first-order valence-corrected chi connectivity index (χ1v) is 10.3. The number of carbonyl (C=O) groups is 6. The monoisotopic (exact) mass is 477 g/mol. The molecule has 0 saturated carbocycles. The van der Waals surface area contributed by atoms with Crippen molar-refractivity contribution in [1.29, 1.82) is 0 Å². The molecule has 3 rings (SSSR count). The van der Waals surface area contributed by atoms with E-state index in [9.17, 15) is 28.8 Å². The Kier molecular flexibility index (Phi) is 7.30. The molecular formula is C22H23NO11. The number of rotatable bonds is 6. The number of hydrogen-bond donors (Lipinski definition) is 0. The molecule has 5 atom stereocenters. The van der Waals surface area contributed by atoms with Gasteiger partial charge in [-0.3, -0.25) is 33.7 Å². The van der Waals surface area contributed by atoms with E-state index in [1.807, 2.05) is 0 Å². The van der Waals surface area contributed by atoms with E-state index in [2.05, 4.69) is 0 Å². The van der Waals surface area contributed by atoms with Crippen molar-refractivity contribution in [2.75, 3.05) is 6.61 Å². The fraction of sp³-hybridized carbons (Fsp3) is 0.455. The van der Waals surface area contributed by atoms with Crippen LogP contribution >= 0.6 is 0 Å². The van der Waals surface area contributed by atoms with E-state index in [1.165, 1.54) is 12.1 Å². The van der Waals surface area contributed by atoms with Gasteiger partial charge in [0.2, 0.25) is 6.29 Å². The first-order chi connectivity index (χ1) is 16.0. The summed E-state index contributed by atoms with van der Waals surface area (Å²) >= 11 is 0. The van der Waals surface area contributed by atoms with Gasteiger partial charge in [-0.2, -0.15) is 0 Å². The Morgan fingerprint density at radius 2 is 1.29 bits per heavy atom. The lowest BCUT2D eigenvalue weighted by Crippen LogP contribution is -2.67. The summed E-state index contributed by atoms with van der Waals surface area (Å²) in [6.45, 7) is 3.91. The predicted octanol–water partition coefficient (Wildman–Crippen LogP) is 0.366. The summed E-state index contributed by atoms with van der Waals surface area (Å²) in [5.41, 5.74) is 0.170. The molecule has 2 aliphatic rings. The summed E-state index contributed by atoms with van der Waals surface area (Å²) in [4.78, 5) is 74.2. The summed E-state index contributed by atoms with van der Waals surface area (Å²) in [6.07, 6.45) is -5.81. The molecule has 1 fully saturated rings. The molecule has 0 unspecified atom stereocenters. The minimum absolute atomic E-state index is 0.0849. The van der Waals surface area contributed by atoms with Gasteiger partial charge in [-0.15, -0.1) is 0 Å². The molecule has 1 saturated heterocycles. The van der Waals surface area contributed by atoms with Crippen LogP contribution in [-0.4, -0.2) is 77.8 Å². The van der Waals surface area contributed by atoms with Crippen molar-refractivity contribution >= 4 is 35.7 Å².